The van der Waals surface area contributed by atoms with E-state index in [-0.39, 0.29) is 5.91 Å². The predicted octanol–water partition coefficient (Wildman–Crippen LogP) is 4.39. The van der Waals surface area contributed by atoms with Crippen LogP contribution in [0, 0.1) is 6.92 Å². The van der Waals surface area contributed by atoms with E-state index in [9.17, 15) is 4.79 Å². The zero-order valence-corrected chi connectivity index (χ0v) is 15.0. The number of carbonyl (C=O) groups is 1. The van der Waals surface area contributed by atoms with Crippen LogP contribution >= 0.6 is 0 Å². The van der Waals surface area contributed by atoms with Gasteiger partial charge in [-0.1, -0.05) is 29.8 Å². The average molecular weight is 338 g/mol. The molecule has 2 aromatic carbocycles. The van der Waals surface area contributed by atoms with E-state index in [1.54, 1.807) is 6.92 Å². The van der Waals surface area contributed by atoms with Crippen LogP contribution in [-0.4, -0.2) is 25.1 Å². The lowest BCUT2D eigenvalue weighted by atomic mass is 10.1. The maximum absolute atomic E-state index is 12.6. The third-order valence-electron chi connectivity index (χ3n) is 4.56. The molecule has 132 valence electrons. The monoisotopic (exact) mass is 338 g/mol. The van der Waals surface area contributed by atoms with Gasteiger partial charge in [0.15, 0.2) is 6.10 Å². The van der Waals surface area contributed by atoms with E-state index in [1.807, 2.05) is 49.4 Å². The van der Waals surface area contributed by atoms with Crippen LogP contribution < -0.4 is 15.0 Å². The largest absolute Gasteiger partial charge is 0.481 e. The Kier molecular flexibility index (Phi) is 5.59. The highest BCUT2D eigenvalue weighted by molar-refractivity contribution is 5.97. The van der Waals surface area contributed by atoms with Gasteiger partial charge >= 0.3 is 0 Å². The normalized spacial score (nSPS) is 15.5. The van der Waals surface area contributed by atoms with Crippen LogP contribution in [0.4, 0.5) is 11.4 Å². The first kappa shape index (κ1) is 17.3. The van der Waals surface area contributed by atoms with E-state index in [1.165, 1.54) is 24.8 Å². The Morgan fingerprint density at radius 1 is 1.04 bits per heavy atom. The lowest BCUT2D eigenvalue weighted by molar-refractivity contribution is -0.122. The van der Waals surface area contributed by atoms with Crippen molar-refractivity contribution in [3.8, 4) is 5.75 Å². The number of rotatable bonds is 5. The third-order valence-corrected chi connectivity index (χ3v) is 4.56. The molecule has 1 aliphatic rings. The summed E-state index contributed by atoms with van der Waals surface area (Å²) in [6.07, 6.45) is 3.13. The Morgan fingerprint density at radius 3 is 2.44 bits per heavy atom. The molecule has 0 bridgehead atoms. The second-order valence-electron chi connectivity index (χ2n) is 6.63. The molecule has 1 saturated heterocycles. The number of carbonyl (C=O) groups excluding carboxylic acids is 1. The summed E-state index contributed by atoms with van der Waals surface area (Å²) >= 11 is 0. The first-order chi connectivity index (χ1) is 12.1. The second-order valence-corrected chi connectivity index (χ2v) is 6.63. The summed E-state index contributed by atoms with van der Waals surface area (Å²) in [5.41, 5.74) is 3.12. The standard InChI is InChI=1S/C21H26N2O2/c1-16-10-12-18(13-11-16)25-17(2)21(24)22-19-8-4-5-9-20(19)23-14-6-3-7-15-23/h4-5,8-13,17H,3,6-7,14-15H2,1-2H3,(H,22,24). The number of amides is 1. The molecule has 1 aliphatic heterocycles. The quantitative estimate of drug-likeness (QED) is 0.879. The van der Waals surface area contributed by atoms with Gasteiger partial charge in [0, 0.05) is 13.1 Å². The highest BCUT2D eigenvalue weighted by Crippen LogP contribution is 2.28. The minimum atomic E-state index is -0.558. The number of piperidine rings is 1. The van der Waals surface area contributed by atoms with Gasteiger partial charge in [0.1, 0.15) is 5.75 Å². The highest BCUT2D eigenvalue weighted by atomic mass is 16.5. The zero-order chi connectivity index (χ0) is 17.6. The van der Waals surface area contributed by atoms with Crippen LogP contribution in [0.15, 0.2) is 48.5 Å². The fourth-order valence-electron chi connectivity index (χ4n) is 3.10. The maximum Gasteiger partial charge on any atom is 0.265 e. The smallest absolute Gasteiger partial charge is 0.265 e. The van der Waals surface area contributed by atoms with Crippen molar-refractivity contribution in [1.29, 1.82) is 0 Å². The third kappa shape index (κ3) is 4.53. The maximum atomic E-state index is 12.6. The summed E-state index contributed by atoms with van der Waals surface area (Å²) in [7, 11) is 0. The molecule has 2 aromatic rings. The molecule has 0 aromatic heterocycles. The van der Waals surface area contributed by atoms with Crippen LogP contribution in [0.5, 0.6) is 5.75 Å². The number of ether oxygens (including phenoxy) is 1. The SMILES string of the molecule is Cc1ccc(OC(C)C(=O)Nc2ccccc2N2CCCCC2)cc1. The minimum absolute atomic E-state index is 0.134. The molecule has 0 saturated carbocycles. The van der Waals surface area contributed by atoms with E-state index in [0.717, 1.165) is 24.5 Å². The Balaban J connectivity index is 1.66. The van der Waals surface area contributed by atoms with Crippen molar-refractivity contribution in [2.45, 2.75) is 39.2 Å². The van der Waals surface area contributed by atoms with E-state index in [0.29, 0.717) is 5.75 Å². The molecule has 25 heavy (non-hydrogen) atoms. The number of para-hydroxylation sites is 2. The number of nitrogens with zero attached hydrogens (tertiary/aromatic N) is 1. The van der Waals surface area contributed by atoms with Gasteiger partial charge in [0.2, 0.25) is 0 Å². The van der Waals surface area contributed by atoms with Crippen LogP contribution in [-0.2, 0) is 4.79 Å². The van der Waals surface area contributed by atoms with Gasteiger partial charge in [-0.15, -0.1) is 0 Å². The van der Waals surface area contributed by atoms with Gasteiger partial charge in [0.05, 0.1) is 11.4 Å². The molecule has 0 radical (unpaired) electrons. The van der Waals surface area contributed by atoms with Crippen molar-refractivity contribution in [1.82, 2.24) is 0 Å². The number of nitrogens with one attached hydrogen (secondary N) is 1. The summed E-state index contributed by atoms with van der Waals surface area (Å²) in [6.45, 7) is 5.89. The van der Waals surface area contributed by atoms with Crippen molar-refractivity contribution >= 4 is 17.3 Å². The second kappa shape index (κ2) is 8.06. The summed E-state index contributed by atoms with van der Waals surface area (Å²) < 4.78 is 5.76. The summed E-state index contributed by atoms with van der Waals surface area (Å²) in [5, 5.41) is 3.03. The van der Waals surface area contributed by atoms with Gasteiger partial charge in [-0.3, -0.25) is 4.79 Å². The molecule has 3 rings (SSSR count). The average Bonchev–Trinajstić information content (AvgIpc) is 2.64. The topological polar surface area (TPSA) is 41.6 Å². The lowest BCUT2D eigenvalue weighted by Gasteiger charge is -2.30. The number of aryl methyl sites for hydroxylation is 1. The molecule has 0 aliphatic carbocycles. The van der Waals surface area contributed by atoms with E-state index in [4.69, 9.17) is 4.74 Å². The fourth-order valence-corrected chi connectivity index (χ4v) is 3.10. The Labute approximate surface area is 149 Å². The summed E-state index contributed by atoms with van der Waals surface area (Å²) in [4.78, 5) is 14.9. The van der Waals surface area contributed by atoms with E-state index < -0.39 is 6.10 Å². The van der Waals surface area contributed by atoms with Crippen molar-refractivity contribution in [3.05, 3.63) is 54.1 Å². The molecule has 4 nitrogen and oxygen atoms in total. The first-order valence-electron chi connectivity index (χ1n) is 9.01. The molecule has 1 heterocycles. The molecular formula is C21H26N2O2. The fraction of sp³-hybridized carbons (Fsp3) is 0.381. The molecule has 1 fully saturated rings. The number of benzene rings is 2. The molecule has 1 unspecified atom stereocenters. The molecule has 1 atom stereocenters. The number of anilines is 2. The number of hydrogen-bond acceptors (Lipinski definition) is 3. The van der Waals surface area contributed by atoms with Gasteiger partial charge < -0.3 is 15.0 Å². The van der Waals surface area contributed by atoms with Gasteiger partial charge in [-0.2, -0.15) is 0 Å². The van der Waals surface area contributed by atoms with Crippen molar-refractivity contribution in [2.75, 3.05) is 23.3 Å². The van der Waals surface area contributed by atoms with Crippen molar-refractivity contribution < 1.29 is 9.53 Å². The predicted molar refractivity (Wildman–Crippen MR) is 102 cm³/mol. The first-order valence-corrected chi connectivity index (χ1v) is 9.01. The molecule has 0 spiro atoms. The van der Waals surface area contributed by atoms with Gasteiger partial charge in [-0.05, 0) is 57.4 Å². The van der Waals surface area contributed by atoms with Gasteiger partial charge in [0.25, 0.3) is 5.91 Å². The van der Waals surface area contributed by atoms with Gasteiger partial charge in [-0.25, -0.2) is 0 Å². The Morgan fingerprint density at radius 2 is 1.72 bits per heavy atom. The van der Waals surface area contributed by atoms with Crippen LogP contribution in [0.25, 0.3) is 0 Å². The molecule has 1 N–H and O–H groups in total. The Bertz CT molecular complexity index is 706. The number of hydrogen-bond donors (Lipinski definition) is 1. The molecule has 4 heteroatoms. The van der Waals surface area contributed by atoms with Crippen LogP contribution in [0.2, 0.25) is 0 Å². The van der Waals surface area contributed by atoms with Crippen LogP contribution in [0.1, 0.15) is 31.7 Å². The highest BCUT2D eigenvalue weighted by Gasteiger charge is 2.19. The molecular weight excluding hydrogens is 312 g/mol. The van der Waals surface area contributed by atoms with Crippen LogP contribution in [0.3, 0.4) is 0 Å². The summed E-state index contributed by atoms with van der Waals surface area (Å²) in [5.74, 6) is 0.572. The zero-order valence-electron chi connectivity index (χ0n) is 15.0. The van der Waals surface area contributed by atoms with E-state index in [2.05, 4.69) is 16.3 Å². The Hall–Kier alpha value is -2.49. The van der Waals surface area contributed by atoms with Crippen molar-refractivity contribution in [3.63, 3.8) is 0 Å². The summed E-state index contributed by atoms with van der Waals surface area (Å²) in [6, 6.07) is 15.7. The minimum Gasteiger partial charge on any atom is -0.481 e. The van der Waals surface area contributed by atoms with E-state index >= 15 is 0 Å². The van der Waals surface area contributed by atoms with Crippen molar-refractivity contribution in [2.24, 2.45) is 0 Å². The lowest BCUT2D eigenvalue weighted by Crippen LogP contribution is -2.33. The molecule has 1 amide bonds.